The van der Waals surface area contributed by atoms with Crippen molar-refractivity contribution in [2.24, 2.45) is 5.92 Å². The molecule has 3 aromatic rings. The van der Waals surface area contributed by atoms with Gasteiger partial charge in [0.25, 0.3) is 5.91 Å². The summed E-state index contributed by atoms with van der Waals surface area (Å²) in [6.07, 6.45) is -1.10. The predicted octanol–water partition coefficient (Wildman–Crippen LogP) is 6.21. The van der Waals surface area contributed by atoms with Gasteiger partial charge in [0.05, 0.1) is 23.9 Å². The molecule has 0 spiro atoms. The molecule has 2 aromatic carbocycles. The van der Waals surface area contributed by atoms with Gasteiger partial charge in [0.2, 0.25) is 5.91 Å². The highest BCUT2D eigenvalue weighted by molar-refractivity contribution is 7.17. The fourth-order valence-corrected chi connectivity index (χ4v) is 6.58. The van der Waals surface area contributed by atoms with Crippen molar-refractivity contribution in [2.75, 3.05) is 16.6 Å². The number of rotatable bonds is 5. The van der Waals surface area contributed by atoms with E-state index in [0.717, 1.165) is 21.0 Å². The number of para-hydroxylation sites is 1. The van der Waals surface area contributed by atoms with Gasteiger partial charge in [0.15, 0.2) is 6.10 Å². The first-order valence-electron chi connectivity index (χ1n) is 11.8. The lowest BCUT2D eigenvalue weighted by Crippen LogP contribution is -2.38. The van der Waals surface area contributed by atoms with Gasteiger partial charge in [-0.1, -0.05) is 47.5 Å². The monoisotopic (exact) mass is 558 g/mol. The molecule has 3 atom stereocenters. The van der Waals surface area contributed by atoms with Crippen molar-refractivity contribution in [3.8, 4) is 0 Å². The van der Waals surface area contributed by atoms with Gasteiger partial charge in [-0.05, 0) is 62.6 Å². The van der Waals surface area contributed by atoms with Crippen molar-refractivity contribution < 1.29 is 24.0 Å². The van der Waals surface area contributed by atoms with Gasteiger partial charge in [-0.3, -0.25) is 14.4 Å². The number of carbonyl (C=O) groups is 3. The summed E-state index contributed by atoms with van der Waals surface area (Å²) in [6.45, 7) is 7.42. The lowest BCUT2D eigenvalue weighted by molar-refractivity contribution is -0.126. The number of hydrogen-bond donors (Lipinski definition) is 0. The Morgan fingerprint density at radius 3 is 2.49 bits per heavy atom. The number of amides is 2. The van der Waals surface area contributed by atoms with E-state index in [4.69, 9.17) is 32.8 Å². The molecule has 2 amide bonds. The Kier molecular flexibility index (Phi) is 6.79. The third-order valence-electron chi connectivity index (χ3n) is 6.80. The number of nitrogens with zero attached hydrogens (tertiary/aromatic N) is 2. The van der Waals surface area contributed by atoms with Gasteiger partial charge in [-0.25, -0.2) is 14.8 Å². The summed E-state index contributed by atoms with van der Waals surface area (Å²) in [5.74, 6) is -2.47. The largest absolute Gasteiger partial charge is 0.462 e. The quantitative estimate of drug-likeness (QED) is 0.274. The second-order valence-corrected chi connectivity index (χ2v) is 11.0. The maximum atomic E-state index is 14.1. The summed E-state index contributed by atoms with van der Waals surface area (Å²) in [5, 5.41) is 2.66. The maximum Gasteiger partial charge on any atom is 0.341 e. The lowest BCUT2D eigenvalue weighted by atomic mass is 9.90. The number of halogens is 2. The highest BCUT2D eigenvalue weighted by Gasteiger charge is 2.61. The highest BCUT2D eigenvalue weighted by atomic mass is 35.5. The van der Waals surface area contributed by atoms with Gasteiger partial charge in [-0.15, -0.1) is 11.3 Å². The topological polar surface area (TPSA) is 76.2 Å². The molecule has 7 nitrogen and oxygen atoms in total. The Balaban J connectivity index is 1.63. The molecule has 0 bridgehead atoms. The van der Waals surface area contributed by atoms with Crippen LogP contribution in [0.3, 0.4) is 0 Å². The van der Waals surface area contributed by atoms with Gasteiger partial charge < -0.3 is 4.74 Å². The molecular weight excluding hydrogens is 535 g/mol. The van der Waals surface area contributed by atoms with E-state index in [1.165, 1.54) is 11.3 Å². The molecule has 37 heavy (non-hydrogen) atoms. The number of hydroxylamine groups is 1. The number of imide groups is 1. The van der Waals surface area contributed by atoms with Gasteiger partial charge in [-0.2, -0.15) is 0 Å². The molecule has 3 heterocycles. The van der Waals surface area contributed by atoms with Crippen LogP contribution in [0.15, 0.2) is 42.5 Å². The van der Waals surface area contributed by atoms with Crippen LogP contribution < -0.4 is 9.96 Å². The molecule has 2 aliphatic heterocycles. The predicted molar refractivity (Wildman–Crippen MR) is 143 cm³/mol. The number of fused-ring (bicyclic) bond motifs is 1. The lowest BCUT2D eigenvalue weighted by Gasteiger charge is -2.30. The summed E-state index contributed by atoms with van der Waals surface area (Å²) >= 11 is 14.0. The SMILES string of the molecule is CCOC(=O)c1c(N2C(=O)[C@H]3[C@@H](c4ccc(Cl)cc4Cl)N(c4ccccc4C)O[C@H]3C2=O)sc(C)c1C. The Morgan fingerprint density at radius 2 is 1.81 bits per heavy atom. The first-order chi connectivity index (χ1) is 17.6. The summed E-state index contributed by atoms with van der Waals surface area (Å²) in [4.78, 5) is 48.8. The van der Waals surface area contributed by atoms with Crippen LogP contribution in [0.5, 0.6) is 0 Å². The van der Waals surface area contributed by atoms with E-state index in [2.05, 4.69) is 0 Å². The zero-order valence-corrected chi connectivity index (χ0v) is 22.9. The molecule has 1 aromatic heterocycles. The van der Waals surface area contributed by atoms with Crippen LogP contribution in [-0.2, 0) is 19.2 Å². The van der Waals surface area contributed by atoms with Crippen molar-refractivity contribution in [1.29, 1.82) is 0 Å². The molecule has 5 rings (SSSR count). The molecule has 2 saturated heterocycles. The van der Waals surface area contributed by atoms with Crippen LogP contribution in [0, 0.1) is 26.7 Å². The second-order valence-electron chi connectivity index (χ2n) is 8.97. The number of anilines is 2. The Morgan fingerprint density at radius 1 is 1.08 bits per heavy atom. The van der Waals surface area contributed by atoms with Crippen LogP contribution in [0.25, 0.3) is 0 Å². The number of hydrogen-bond acceptors (Lipinski definition) is 7. The van der Waals surface area contributed by atoms with Crippen molar-refractivity contribution in [3.63, 3.8) is 0 Å². The summed E-state index contributed by atoms with van der Waals surface area (Å²) in [5.41, 5.74) is 3.13. The van der Waals surface area contributed by atoms with Crippen molar-refractivity contribution in [3.05, 3.63) is 79.6 Å². The van der Waals surface area contributed by atoms with Crippen LogP contribution in [0.2, 0.25) is 10.0 Å². The van der Waals surface area contributed by atoms with Crippen molar-refractivity contribution >= 4 is 63.0 Å². The van der Waals surface area contributed by atoms with Crippen molar-refractivity contribution in [1.82, 2.24) is 0 Å². The standard InChI is InChI=1S/C27H24Cl2N2O5S/c1-5-35-27(34)20-14(3)15(4)37-26(20)30-24(32)21-22(17-11-10-16(28)12-18(17)29)31(36-23(21)25(30)33)19-9-7-6-8-13(19)2/h6-12,21-23H,5H2,1-4H3/t21-,22+,23+/m0/s1. The summed E-state index contributed by atoms with van der Waals surface area (Å²) < 4.78 is 5.24. The minimum atomic E-state index is -1.10. The molecule has 192 valence electrons. The van der Waals surface area contributed by atoms with Gasteiger partial charge in [0.1, 0.15) is 10.9 Å². The van der Waals surface area contributed by atoms with E-state index >= 15 is 0 Å². The Hall–Kier alpha value is -2.91. The van der Waals surface area contributed by atoms with E-state index in [0.29, 0.717) is 21.2 Å². The number of esters is 1. The van der Waals surface area contributed by atoms with Crippen LogP contribution >= 0.6 is 34.5 Å². The third kappa shape index (κ3) is 4.12. The van der Waals surface area contributed by atoms with E-state index in [-0.39, 0.29) is 17.2 Å². The van der Waals surface area contributed by atoms with E-state index < -0.39 is 35.8 Å². The molecule has 0 N–H and O–H groups in total. The van der Waals surface area contributed by atoms with E-state index in [1.807, 2.05) is 38.1 Å². The number of aryl methyl sites for hydroxylation is 2. The highest BCUT2D eigenvalue weighted by Crippen LogP contribution is 2.51. The average Bonchev–Trinajstić information content (AvgIpc) is 3.45. The zero-order chi connectivity index (χ0) is 26.6. The number of thiophene rings is 1. The smallest absolute Gasteiger partial charge is 0.341 e. The fraction of sp³-hybridized carbons (Fsp3) is 0.296. The summed E-state index contributed by atoms with van der Waals surface area (Å²) in [7, 11) is 0. The van der Waals surface area contributed by atoms with Crippen molar-refractivity contribution in [2.45, 2.75) is 39.8 Å². The second kappa shape index (κ2) is 9.76. The number of carbonyl (C=O) groups excluding carboxylic acids is 3. The first kappa shape index (κ1) is 25.7. The normalized spacial score (nSPS) is 21.1. The maximum absolute atomic E-state index is 14.1. The molecule has 2 fully saturated rings. The minimum Gasteiger partial charge on any atom is -0.462 e. The zero-order valence-electron chi connectivity index (χ0n) is 20.6. The molecule has 0 aliphatic carbocycles. The molecule has 0 radical (unpaired) electrons. The fourth-order valence-electron chi connectivity index (χ4n) is 4.90. The third-order valence-corrected chi connectivity index (χ3v) is 8.55. The van der Waals surface area contributed by atoms with E-state index in [9.17, 15) is 14.4 Å². The molecule has 10 heteroatoms. The summed E-state index contributed by atoms with van der Waals surface area (Å²) in [6, 6.07) is 11.9. The van der Waals surface area contributed by atoms with Gasteiger partial charge in [0, 0.05) is 14.9 Å². The molecule has 2 aliphatic rings. The molecule has 0 unspecified atom stereocenters. The van der Waals surface area contributed by atoms with Crippen LogP contribution in [0.4, 0.5) is 10.7 Å². The van der Waals surface area contributed by atoms with Crippen LogP contribution in [-0.4, -0.2) is 30.5 Å². The Labute approximate surface area is 228 Å². The number of benzene rings is 2. The van der Waals surface area contributed by atoms with E-state index in [1.54, 1.807) is 37.1 Å². The molecule has 0 saturated carbocycles. The molecular formula is C27H24Cl2N2O5S. The Bertz CT molecular complexity index is 1440. The first-order valence-corrected chi connectivity index (χ1v) is 13.3. The van der Waals surface area contributed by atoms with Gasteiger partial charge >= 0.3 is 5.97 Å². The minimum absolute atomic E-state index is 0.172. The van der Waals surface area contributed by atoms with Crippen LogP contribution in [0.1, 0.15) is 44.9 Å². The average molecular weight is 559 g/mol. The number of ether oxygens (including phenoxy) is 1.